The van der Waals surface area contributed by atoms with Crippen LogP contribution in [0.25, 0.3) is 4.96 Å². The first kappa shape index (κ1) is 19.5. The molecule has 1 N–H and O–H groups in total. The fourth-order valence-electron chi connectivity index (χ4n) is 4.15. The molecule has 0 atom stereocenters. The van der Waals surface area contributed by atoms with Gasteiger partial charge in [-0.2, -0.15) is 0 Å². The molecule has 152 valence electrons. The van der Waals surface area contributed by atoms with Crippen LogP contribution in [0.1, 0.15) is 47.1 Å². The Morgan fingerprint density at radius 3 is 2.71 bits per heavy atom. The van der Waals surface area contributed by atoms with E-state index in [-0.39, 0.29) is 17.0 Å². The zero-order valence-electron chi connectivity index (χ0n) is 16.6. The summed E-state index contributed by atoms with van der Waals surface area (Å²) < 4.78 is 1.67. The second kappa shape index (κ2) is 8.71. The van der Waals surface area contributed by atoms with Gasteiger partial charge in [0.1, 0.15) is 5.56 Å². The van der Waals surface area contributed by atoms with Gasteiger partial charge in [0.25, 0.3) is 11.5 Å². The zero-order valence-corrected chi connectivity index (χ0v) is 17.4. The summed E-state index contributed by atoms with van der Waals surface area (Å²) in [6, 6.07) is 0. The maximum atomic E-state index is 12.9. The second-order valence-corrected chi connectivity index (χ2v) is 8.72. The number of carbonyl (C=O) groups is 1. The number of amides is 1. The Morgan fingerprint density at radius 1 is 1.18 bits per heavy atom. The molecule has 1 saturated heterocycles. The van der Waals surface area contributed by atoms with Gasteiger partial charge in [0, 0.05) is 49.5 Å². The summed E-state index contributed by atoms with van der Waals surface area (Å²) in [6.45, 7) is 9.30. The van der Waals surface area contributed by atoms with Crippen LogP contribution in [0, 0.1) is 0 Å². The summed E-state index contributed by atoms with van der Waals surface area (Å²) in [5.74, 6) is -0.307. The molecule has 0 radical (unpaired) electrons. The summed E-state index contributed by atoms with van der Waals surface area (Å²) in [5, 5.41) is 2.91. The van der Waals surface area contributed by atoms with E-state index in [0.717, 1.165) is 77.1 Å². The van der Waals surface area contributed by atoms with Gasteiger partial charge < -0.3 is 15.1 Å². The van der Waals surface area contributed by atoms with Crippen LogP contribution in [-0.2, 0) is 12.8 Å². The molecule has 0 spiro atoms. The summed E-state index contributed by atoms with van der Waals surface area (Å²) in [7, 11) is 0. The van der Waals surface area contributed by atoms with Gasteiger partial charge >= 0.3 is 0 Å². The summed E-state index contributed by atoms with van der Waals surface area (Å²) in [6.07, 6.45) is 6.50. The molecule has 0 aromatic carbocycles. The number of piperazine rings is 1. The monoisotopic (exact) mass is 403 g/mol. The van der Waals surface area contributed by atoms with E-state index in [1.165, 1.54) is 11.1 Å². The highest BCUT2D eigenvalue weighted by atomic mass is 32.1. The van der Waals surface area contributed by atoms with Crippen molar-refractivity contribution in [3.63, 3.8) is 0 Å². The number of carbonyl (C=O) groups excluding carboxylic acids is 1. The number of aryl methyl sites for hydroxylation is 2. The third kappa shape index (κ3) is 3.99. The lowest BCUT2D eigenvalue weighted by Gasteiger charge is -2.33. The summed E-state index contributed by atoms with van der Waals surface area (Å²) >= 11 is 1.58. The highest BCUT2D eigenvalue weighted by Gasteiger charge is 2.21. The van der Waals surface area contributed by atoms with E-state index in [0.29, 0.717) is 11.5 Å². The van der Waals surface area contributed by atoms with Crippen LogP contribution in [0.15, 0.2) is 11.0 Å². The maximum Gasteiger partial charge on any atom is 0.271 e. The lowest BCUT2D eigenvalue weighted by Crippen LogP contribution is -2.46. The molecule has 2 aromatic heterocycles. The first-order valence-electron chi connectivity index (χ1n) is 10.4. The minimum absolute atomic E-state index is 0.153. The molecule has 4 rings (SSSR count). The van der Waals surface area contributed by atoms with Crippen molar-refractivity contribution in [2.75, 3.05) is 45.8 Å². The topological polar surface area (TPSA) is 69.9 Å². The van der Waals surface area contributed by atoms with Gasteiger partial charge in [-0.25, -0.2) is 4.98 Å². The van der Waals surface area contributed by atoms with Gasteiger partial charge in [-0.1, -0.05) is 6.92 Å². The minimum atomic E-state index is -0.307. The van der Waals surface area contributed by atoms with Crippen molar-refractivity contribution in [1.82, 2.24) is 24.5 Å². The van der Waals surface area contributed by atoms with Gasteiger partial charge in [-0.3, -0.25) is 14.0 Å². The van der Waals surface area contributed by atoms with Gasteiger partial charge in [0.15, 0.2) is 4.96 Å². The number of nitrogens with zero attached hydrogens (tertiary/aromatic N) is 4. The molecule has 1 aliphatic carbocycles. The van der Waals surface area contributed by atoms with Crippen molar-refractivity contribution in [2.24, 2.45) is 0 Å². The van der Waals surface area contributed by atoms with Gasteiger partial charge in [0.2, 0.25) is 0 Å². The van der Waals surface area contributed by atoms with Crippen LogP contribution in [-0.4, -0.2) is 70.9 Å². The standard InChI is InChI=1S/C20H29N5O2S/c1-2-23-10-12-24(13-11-23)9-5-8-21-18(26)15-14-22-20-25(19(15)27)16-6-3-4-7-17(16)28-20/h14H,2-13H2,1H3,(H,21,26). The van der Waals surface area contributed by atoms with Crippen molar-refractivity contribution in [1.29, 1.82) is 0 Å². The predicted molar refractivity (Wildman–Crippen MR) is 111 cm³/mol. The summed E-state index contributed by atoms with van der Waals surface area (Å²) in [5.41, 5.74) is 0.988. The average molecular weight is 404 g/mol. The number of hydrogen-bond acceptors (Lipinski definition) is 6. The first-order chi connectivity index (χ1) is 13.7. The first-order valence-corrected chi connectivity index (χ1v) is 11.2. The molecule has 3 heterocycles. The molecule has 1 amide bonds. The molecule has 0 saturated carbocycles. The number of aromatic nitrogens is 2. The fourth-order valence-corrected chi connectivity index (χ4v) is 5.32. The molecule has 8 heteroatoms. The molecular formula is C20H29N5O2S. The van der Waals surface area contributed by atoms with Crippen LogP contribution < -0.4 is 10.9 Å². The van der Waals surface area contributed by atoms with Crippen LogP contribution in [0.4, 0.5) is 0 Å². The van der Waals surface area contributed by atoms with E-state index < -0.39 is 0 Å². The second-order valence-electron chi connectivity index (χ2n) is 7.66. The lowest BCUT2D eigenvalue weighted by atomic mass is 10.0. The number of likely N-dealkylation sites (N-methyl/N-ethyl adjacent to an activating group) is 1. The van der Waals surface area contributed by atoms with Crippen molar-refractivity contribution in [3.8, 4) is 0 Å². The molecule has 28 heavy (non-hydrogen) atoms. The highest BCUT2D eigenvalue weighted by Crippen LogP contribution is 2.28. The molecule has 2 aromatic rings. The minimum Gasteiger partial charge on any atom is -0.352 e. The number of hydrogen-bond donors (Lipinski definition) is 1. The van der Waals surface area contributed by atoms with Crippen LogP contribution in [0.2, 0.25) is 0 Å². The third-order valence-corrected chi connectivity index (χ3v) is 7.05. The molecule has 0 bridgehead atoms. The Morgan fingerprint density at radius 2 is 1.93 bits per heavy atom. The Balaban J connectivity index is 1.34. The Kier molecular flexibility index (Phi) is 6.08. The number of thiazole rings is 1. The number of fused-ring (bicyclic) bond motifs is 3. The lowest BCUT2D eigenvalue weighted by molar-refractivity contribution is 0.0946. The zero-order chi connectivity index (χ0) is 19.5. The molecule has 0 unspecified atom stereocenters. The number of rotatable bonds is 6. The van der Waals surface area contributed by atoms with E-state index in [4.69, 9.17) is 0 Å². The van der Waals surface area contributed by atoms with E-state index in [1.54, 1.807) is 15.7 Å². The molecule has 1 fully saturated rings. The quantitative estimate of drug-likeness (QED) is 0.738. The molecule has 2 aliphatic rings. The van der Waals surface area contributed by atoms with Crippen LogP contribution in [0.5, 0.6) is 0 Å². The highest BCUT2D eigenvalue weighted by molar-refractivity contribution is 7.17. The van der Waals surface area contributed by atoms with Crippen molar-refractivity contribution >= 4 is 22.2 Å². The maximum absolute atomic E-state index is 12.9. The van der Waals surface area contributed by atoms with Crippen molar-refractivity contribution in [3.05, 3.63) is 32.7 Å². The van der Waals surface area contributed by atoms with Gasteiger partial charge in [0.05, 0.1) is 0 Å². The predicted octanol–water partition coefficient (Wildman–Crippen LogP) is 1.39. The van der Waals surface area contributed by atoms with E-state index >= 15 is 0 Å². The third-order valence-electron chi connectivity index (χ3n) is 5.90. The normalized spacial score (nSPS) is 18.3. The Hall–Kier alpha value is -1.77. The van der Waals surface area contributed by atoms with Gasteiger partial charge in [-0.15, -0.1) is 11.3 Å². The molecule has 7 nitrogen and oxygen atoms in total. The van der Waals surface area contributed by atoms with E-state index in [9.17, 15) is 9.59 Å². The van der Waals surface area contributed by atoms with Crippen LogP contribution >= 0.6 is 11.3 Å². The molecular weight excluding hydrogens is 374 g/mol. The Labute approximate surface area is 169 Å². The van der Waals surface area contributed by atoms with Crippen molar-refractivity contribution in [2.45, 2.75) is 39.0 Å². The smallest absolute Gasteiger partial charge is 0.271 e. The van der Waals surface area contributed by atoms with E-state index in [2.05, 4.69) is 27.0 Å². The van der Waals surface area contributed by atoms with Crippen LogP contribution in [0.3, 0.4) is 0 Å². The largest absolute Gasteiger partial charge is 0.352 e. The molecule has 1 aliphatic heterocycles. The Bertz CT molecular complexity index is 898. The number of nitrogens with one attached hydrogen (secondary N) is 1. The van der Waals surface area contributed by atoms with E-state index in [1.807, 2.05) is 0 Å². The summed E-state index contributed by atoms with van der Waals surface area (Å²) in [4.78, 5) is 36.7. The fraction of sp³-hybridized carbons (Fsp3) is 0.650. The average Bonchev–Trinajstić information content (AvgIpc) is 3.11. The van der Waals surface area contributed by atoms with Gasteiger partial charge in [-0.05, 0) is 45.2 Å². The van der Waals surface area contributed by atoms with Crippen molar-refractivity contribution < 1.29 is 4.79 Å². The SMILES string of the molecule is CCN1CCN(CCCNC(=O)c2cnc3sc4c(n3c2=O)CCCC4)CC1.